The van der Waals surface area contributed by atoms with Gasteiger partial charge in [-0.25, -0.2) is 19.0 Å². The Kier molecular flexibility index (Phi) is 5.74. The van der Waals surface area contributed by atoms with Crippen LogP contribution < -0.4 is 5.32 Å². The van der Waals surface area contributed by atoms with E-state index in [1.165, 1.54) is 0 Å². The number of aromatic nitrogens is 4. The van der Waals surface area contributed by atoms with Crippen LogP contribution in [0.15, 0.2) is 49.1 Å². The van der Waals surface area contributed by atoms with Crippen LogP contribution in [-0.4, -0.2) is 49.7 Å². The summed E-state index contributed by atoms with van der Waals surface area (Å²) in [6.45, 7) is 5.32. The second kappa shape index (κ2) is 8.61. The van der Waals surface area contributed by atoms with Crippen molar-refractivity contribution in [1.29, 1.82) is 0 Å². The van der Waals surface area contributed by atoms with Gasteiger partial charge in [0, 0.05) is 25.5 Å². The number of hydrogen-bond donors (Lipinski definition) is 1. The van der Waals surface area contributed by atoms with Crippen LogP contribution in [0.2, 0.25) is 0 Å². The van der Waals surface area contributed by atoms with Crippen LogP contribution in [0.4, 0.5) is 10.3 Å². The van der Waals surface area contributed by atoms with Gasteiger partial charge in [-0.2, -0.15) is 5.10 Å². The van der Waals surface area contributed by atoms with E-state index in [1.54, 1.807) is 10.9 Å². The molecule has 1 amide bonds. The standard InChI is InChI=1S/C22H25FN6O/c1-15-6-7-19(29-10-4-8-27-29)18(11-15)21(30)28-9-3-5-16(2)20(28)14-26-22-24-12-17(23)13-25-22/h4,6-8,10-13,16,20H,3,5,9,14H2,1-2H3,(H,24,25,26)/t16-,20-/m1/s1. The number of aryl methyl sites for hydroxylation is 1. The van der Waals surface area contributed by atoms with E-state index < -0.39 is 5.82 Å². The third-order valence-corrected chi connectivity index (χ3v) is 5.60. The summed E-state index contributed by atoms with van der Waals surface area (Å²) >= 11 is 0. The highest BCUT2D eigenvalue weighted by atomic mass is 19.1. The van der Waals surface area contributed by atoms with E-state index in [2.05, 4.69) is 27.3 Å². The lowest BCUT2D eigenvalue weighted by atomic mass is 9.90. The van der Waals surface area contributed by atoms with Crippen LogP contribution in [-0.2, 0) is 0 Å². The zero-order valence-corrected chi connectivity index (χ0v) is 17.1. The summed E-state index contributed by atoms with van der Waals surface area (Å²) < 4.78 is 14.8. The van der Waals surface area contributed by atoms with Crippen LogP contribution in [0.3, 0.4) is 0 Å². The van der Waals surface area contributed by atoms with E-state index in [1.807, 2.05) is 42.3 Å². The summed E-state index contributed by atoms with van der Waals surface area (Å²) in [7, 11) is 0. The van der Waals surface area contributed by atoms with Crippen molar-refractivity contribution in [2.75, 3.05) is 18.4 Å². The Morgan fingerprint density at radius 3 is 2.83 bits per heavy atom. The Balaban J connectivity index is 1.60. The molecule has 3 heterocycles. The monoisotopic (exact) mass is 408 g/mol. The summed E-state index contributed by atoms with van der Waals surface area (Å²) in [6, 6.07) is 7.66. The van der Waals surface area contributed by atoms with Crippen LogP contribution in [0.25, 0.3) is 5.69 Å². The minimum absolute atomic E-state index is 0.0115. The molecule has 1 fully saturated rings. The molecule has 0 saturated carbocycles. The molecule has 1 aliphatic heterocycles. The predicted molar refractivity (Wildman–Crippen MR) is 112 cm³/mol. The number of rotatable bonds is 5. The average molecular weight is 408 g/mol. The number of hydrogen-bond acceptors (Lipinski definition) is 5. The molecule has 2 aromatic heterocycles. The third-order valence-electron chi connectivity index (χ3n) is 5.60. The van der Waals surface area contributed by atoms with E-state index in [0.717, 1.165) is 36.5 Å². The van der Waals surface area contributed by atoms with E-state index in [4.69, 9.17) is 0 Å². The molecule has 1 saturated heterocycles. The normalized spacial score (nSPS) is 19.0. The van der Waals surface area contributed by atoms with Crippen molar-refractivity contribution < 1.29 is 9.18 Å². The van der Waals surface area contributed by atoms with Crippen LogP contribution in [0.5, 0.6) is 0 Å². The molecule has 0 spiro atoms. The molecule has 1 aromatic carbocycles. The van der Waals surface area contributed by atoms with Crippen LogP contribution in [0.1, 0.15) is 35.7 Å². The fourth-order valence-electron chi connectivity index (χ4n) is 4.00. The highest BCUT2D eigenvalue weighted by Crippen LogP contribution is 2.27. The minimum Gasteiger partial charge on any atom is -0.352 e. The Bertz CT molecular complexity index is 1000. The van der Waals surface area contributed by atoms with Gasteiger partial charge < -0.3 is 10.2 Å². The molecule has 1 aliphatic rings. The van der Waals surface area contributed by atoms with Gasteiger partial charge in [0.25, 0.3) is 5.91 Å². The van der Waals surface area contributed by atoms with Crippen LogP contribution in [0, 0.1) is 18.7 Å². The highest BCUT2D eigenvalue weighted by Gasteiger charge is 2.33. The SMILES string of the molecule is Cc1ccc(-n2cccn2)c(C(=O)N2CCC[C@@H](C)[C@H]2CNc2ncc(F)cn2)c1. The number of benzene rings is 1. The molecule has 156 valence electrons. The summed E-state index contributed by atoms with van der Waals surface area (Å²) in [6.07, 6.45) is 7.80. The van der Waals surface area contributed by atoms with Crippen molar-refractivity contribution >= 4 is 11.9 Å². The topological polar surface area (TPSA) is 75.9 Å². The van der Waals surface area contributed by atoms with Gasteiger partial charge in [0.15, 0.2) is 5.82 Å². The number of anilines is 1. The number of amides is 1. The maximum atomic E-state index is 13.7. The van der Waals surface area contributed by atoms with Crippen molar-refractivity contribution in [2.24, 2.45) is 5.92 Å². The molecule has 2 atom stereocenters. The van der Waals surface area contributed by atoms with Crippen molar-refractivity contribution in [3.8, 4) is 5.69 Å². The maximum absolute atomic E-state index is 13.7. The van der Waals surface area contributed by atoms with Gasteiger partial charge in [-0.1, -0.05) is 18.6 Å². The van der Waals surface area contributed by atoms with Crippen molar-refractivity contribution in [3.05, 3.63) is 66.0 Å². The van der Waals surface area contributed by atoms with E-state index in [0.29, 0.717) is 30.5 Å². The Labute approximate surface area is 175 Å². The lowest BCUT2D eigenvalue weighted by Crippen LogP contribution is -2.51. The van der Waals surface area contributed by atoms with Crippen molar-refractivity contribution in [3.63, 3.8) is 0 Å². The van der Waals surface area contributed by atoms with Gasteiger partial charge in [0.2, 0.25) is 5.95 Å². The van der Waals surface area contributed by atoms with Crippen LogP contribution >= 0.6 is 0 Å². The zero-order chi connectivity index (χ0) is 21.1. The number of nitrogens with zero attached hydrogens (tertiary/aromatic N) is 5. The van der Waals surface area contributed by atoms with Gasteiger partial charge in [-0.3, -0.25) is 4.79 Å². The summed E-state index contributed by atoms with van der Waals surface area (Å²) in [5.41, 5.74) is 2.42. The molecule has 3 aromatic rings. The maximum Gasteiger partial charge on any atom is 0.256 e. The second-order valence-electron chi connectivity index (χ2n) is 7.76. The number of halogens is 1. The Morgan fingerprint density at radius 1 is 1.30 bits per heavy atom. The summed E-state index contributed by atoms with van der Waals surface area (Å²) in [4.78, 5) is 23.5. The fraction of sp³-hybridized carbons (Fsp3) is 0.364. The second-order valence-corrected chi connectivity index (χ2v) is 7.76. The largest absolute Gasteiger partial charge is 0.352 e. The van der Waals surface area contributed by atoms with Gasteiger partial charge in [-0.15, -0.1) is 0 Å². The molecule has 4 rings (SSSR count). The molecular weight excluding hydrogens is 383 g/mol. The quantitative estimate of drug-likeness (QED) is 0.700. The first-order chi connectivity index (χ1) is 14.5. The number of carbonyl (C=O) groups is 1. The summed E-state index contributed by atoms with van der Waals surface area (Å²) in [5.74, 6) is 0.180. The molecule has 0 unspecified atom stereocenters. The molecule has 30 heavy (non-hydrogen) atoms. The fourth-order valence-corrected chi connectivity index (χ4v) is 4.00. The smallest absolute Gasteiger partial charge is 0.256 e. The minimum atomic E-state index is -0.478. The predicted octanol–water partition coefficient (Wildman–Crippen LogP) is 3.46. The average Bonchev–Trinajstić information content (AvgIpc) is 3.28. The summed E-state index contributed by atoms with van der Waals surface area (Å²) in [5, 5.41) is 7.47. The Morgan fingerprint density at radius 2 is 2.10 bits per heavy atom. The first-order valence-corrected chi connectivity index (χ1v) is 10.2. The van der Waals surface area contributed by atoms with Gasteiger partial charge in [0.05, 0.1) is 29.7 Å². The highest BCUT2D eigenvalue weighted by molar-refractivity contribution is 5.98. The zero-order valence-electron chi connectivity index (χ0n) is 17.1. The molecule has 0 bridgehead atoms. The first-order valence-electron chi connectivity index (χ1n) is 10.2. The van der Waals surface area contributed by atoms with Gasteiger partial charge in [0.1, 0.15) is 0 Å². The lowest BCUT2D eigenvalue weighted by Gasteiger charge is -2.40. The number of carbonyl (C=O) groups excluding carboxylic acids is 1. The number of likely N-dealkylation sites (tertiary alicyclic amines) is 1. The van der Waals surface area contributed by atoms with Gasteiger partial charge >= 0.3 is 0 Å². The van der Waals surface area contributed by atoms with Crippen molar-refractivity contribution in [2.45, 2.75) is 32.7 Å². The van der Waals surface area contributed by atoms with E-state index in [9.17, 15) is 9.18 Å². The van der Waals surface area contributed by atoms with E-state index >= 15 is 0 Å². The third kappa shape index (κ3) is 4.17. The molecule has 8 heteroatoms. The molecule has 1 N–H and O–H groups in total. The molecule has 7 nitrogen and oxygen atoms in total. The number of piperidine rings is 1. The molecule has 0 aliphatic carbocycles. The molecular formula is C22H25FN6O. The Hall–Kier alpha value is -3.29. The number of nitrogens with one attached hydrogen (secondary N) is 1. The first kappa shape index (κ1) is 20.0. The van der Waals surface area contributed by atoms with Gasteiger partial charge in [-0.05, 0) is 43.9 Å². The lowest BCUT2D eigenvalue weighted by molar-refractivity contribution is 0.0539. The molecule has 0 radical (unpaired) electrons. The van der Waals surface area contributed by atoms with E-state index in [-0.39, 0.29) is 11.9 Å². The van der Waals surface area contributed by atoms with Crippen molar-refractivity contribution in [1.82, 2.24) is 24.6 Å².